The molecule has 0 saturated carbocycles. The molecular formula is C27H29NO5. The number of hydrogen-bond acceptors (Lipinski definition) is 5. The molecule has 6 heteroatoms. The molecular weight excluding hydrogens is 418 g/mol. The minimum atomic E-state index is -0.559. The zero-order valence-corrected chi connectivity index (χ0v) is 18.8. The van der Waals surface area contributed by atoms with Crippen LogP contribution < -0.4 is 10.9 Å². The first kappa shape index (κ1) is 22.6. The van der Waals surface area contributed by atoms with Crippen LogP contribution in [0.1, 0.15) is 66.5 Å². The molecule has 2 aromatic carbocycles. The zero-order chi connectivity index (χ0) is 23.2. The van der Waals surface area contributed by atoms with Crippen LogP contribution in [0.4, 0.5) is 10.5 Å². The van der Waals surface area contributed by atoms with Crippen LogP contribution in [0, 0.1) is 0 Å². The van der Waals surface area contributed by atoms with Gasteiger partial charge in [-0.2, -0.15) is 0 Å². The van der Waals surface area contributed by atoms with E-state index in [1.165, 1.54) is 0 Å². The zero-order valence-electron chi connectivity index (χ0n) is 18.8. The number of aromatic hydroxyl groups is 1. The number of benzene rings is 2. The molecule has 1 unspecified atom stereocenters. The monoisotopic (exact) mass is 447 g/mol. The summed E-state index contributed by atoms with van der Waals surface area (Å²) in [5.41, 5.74) is 2.84. The molecule has 1 atom stereocenters. The summed E-state index contributed by atoms with van der Waals surface area (Å²) in [6.45, 7) is 2.14. The highest BCUT2D eigenvalue weighted by Gasteiger charge is 2.27. The molecule has 1 aromatic heterocycles. The molecule has 0 bridgehead atoms. The highest BCUT2D eigenvalue weighted by Crippen LogP contribution is 2.37. The Kier molecular flexibility index (Phi) is 7.13. The lowest BCUT2D eigenvalue weighted by Gasteiger charge is -2.19. The summed E-state index contributed by atoms with van der Waals surface area (Å²) in [7, 11) is 0. The molecule has 33 heavy (non-hydrogen) atoms. The second-order valence-corrected chi connectivity index (χ2v) is 8.39. The number of nitrogens with one attached hydrogen (secondary N) is 1. The number of carbonyl (C=O) groups excluding carboxylic acids is 1. The molecule has 0 aliphatic heterocycles. The Hall–Kier alpha value is -3.54. The second-order valence-electron chi connectivity index (χ2n) is 8.39. The number of hydrogen-bond donors (Lipinski definition) is 2. The predicted molar refractivity (Wildman–Crippen MR) is 127 cm³/mol. The first-order chi connectivity index (χ1) is 16.1. The Morgan fingerprint density at radius 3 is 2.67 bits per heavy atom. The predicted octanol–water partition coefficient (Wildman–Crippen LogP) is 5.90. The summed E-state index contributed by atoms with van der Waals surface area (Å²) in [6, 6.07) is 16.7. The second kappa shape index (κ2) is 10.4. The molecule has 1 heterocycles. The van der Waals surface area contributed by atoms with Gasteiger partial charge in [-0.05, 0) is 48.9 Å². The average molecular weight is 448 g/mol. The number of carbonyl (C=O) groups is 1. The van der Waals surface area contributed by atoms with E-state index >= 15 is 0 Å². The van der Waals surface area contributed by atoms with E-state index in [0.29, 0.717) is 36.3 Å². The van der Waals surface area contributed by atoms with Crippen molar-refractivity contribution in [2.24, 2.45) is 0 Å². The van der Waals surface area contributed by atoms with E-state index in [4.69, 9.17) is 9.15 Å². The third kappa shape index (κ3) is 5.28. The molecule has 3 aromatic rings. The van der Waals surface area contributed by atoms with Gasteiger partial charge in [-0.1, -0.05) is 55.8 Å². The van der Waals surface area contributed by atoms with Crippen LogP contribution in [0.5, 0.6) is 5.75 Å². The van der Waals surface area contributed by atoms with Gasteiger partial charge in [0, 0.05) is 23.6 Å². The molecule has 6 nitrogen and oxygen atoms in total. The van der Waals surface area contributed by atoms with Crippen molar-refractivity contribution in [3.05, 3.63) is 93.0 Å². The SMILES string of the molecule is CCC(c1cccc(NC(=O)OCc2ccccc2)c1)c1c(O)c2c(oc1=O)CCCCC2. The lowest BCUT2D eigenvalue weighted by atomic mass is 9.87. The van der Waals surface area contributed by atoms with Crippen molar-refractivity contribution in [1.82, 2.24) is 0 Å². The van der Waals surface area contributed by atoms with Crippen molar-refractivity contribution in [1.29, 1.82) is 0 Å². The van der Waals surface area contributed by atoms with E-state index in [9.17, 15) is 14.7 Å². The van der Waals surface area contributed by atoms with Crippen LogP contribution in [0.15, 0.2) is 63.8 Å². The van der Waals surface area contributed by atoms with E-state index in [1.807, 2.05) is 55.5 Å². The van der Waals surface area contributed by atoms with Crippen LogP contribution in [0.25, 0.3) is 0 Å². The van der Waals surface area contributed by atoms with E-state index in [1.54, 1.807) is 6.07 Å². The van der Waals surface area contributed by atoms with Crippen LogP contribution in [-0.2, 0) is 24.2 Å². The summed E-state index contributed by atoms with van der Waals surface area (Å²) in [5.74, 6) is 0.331. The number of ether oxygens (including phenoxy) is 1. The quantitative estimate of drug-likeness (QED) is 0.459. The van der Waals surface area contributed by atoms with E-state index in [-0.39, 0.29) is 18.3 Å². The molecule has 1 amide bonds. The van der Waals surface area contributed by atoms with Crippen molar-refractivity contribution in [2.45, 2.75) is 58.0 Å². The smallest absolute Gasteiger partial charge is 0.411 e. The minimum absolute atomic E-state index is 0.0654. The molecule has 0 spiro atoms. The standard InChI is InChI=1S/C27H29NO5/c1-2-21(24-25(29)22-14-7-4-8-15-23(22)33-26(24)30)19-12-9-13-20(16-19)28-27(31)32-17-18-10-5-3-6-11-18/h3,5-6,9-13,16,21,29H,2,4,7-8,14-15,17H2,1H3,(H,28,31). The van der Waals surface area contributed by atoms with Gasteiger partial charge < -0.3 is 14.3 Å². The van der Waals surface area contributed by atoms with Gasteiger partial charge in [-0.3, -0.25) is 5.32 Å². The Balaban J connectivity index is 1.55. The van der Waals surface area contributed by atoms with Crippen LogP contribution in [0.2, 0.25) is 0 Å². The average Bonchev–Trinajstić information content (AvgIpc) is 3.07. The first-order valence-corrected chi connectivity index (χ1v) is 11.5. The van der Waals surface area contributed by atoms with Crippen molar-refractivity contribution in [3.63, 3.8) is 0 Å². The third-order valence-corrected chi connectivity index (χ3v) is 6.15. The van der Waals surface area contributed by atoms with Crippen molar-refractivity contribution < 1.29 is 19.1 Å². The molecule has 0 radical (unpaired) electrons. The van der Waals surface area contributed by atoms with Gasteiger partial charge in [0.25, 0.3) is 0 Å². The Bertz CT molecular complexity index is 1170. The summed E-state index contributed by atoms with van der Waals surface area (Å²) in [4.78, 5) is 25.1. The third-order valence-electron chi connectivity index (χ3n) is 6.15. The van der Waals surface area contributed by atoms with Crippen molar-refractivity contribution in [2.75, 3.05) is 5.32 Å². The van der Waals surface area contributed by atoms with Gasteiger partial charge in [0.1, 0.15) is 18.1 Å². The van der Waals surface area contributed by atoms with E-state index in [0.717, 1.165) is 36.0 Å². The first-order valence-electron chi connectivity index (χ1n) is 11.5. The number of fused-ring (bicyclic) bond motifs is 1. The van der Waals surface area contributed by atoms with Crippen LogP contribution in [0.3, 0.4) is 0 Å². The summed E-state index contributed by atoms with van der Waals surface area (Å²) < 4.78 is 11.0. The maximum absolute atomic E-state index is 12.9. The van der Waals surface area contributed by atoms with Gasteiger partial charge >= 0.3 is 11.7 Å². The highest BCUT2D eigenvalue weighted by atomic mass is 16.5. The van der Waals surface area contributed by atoms with E-state index < -0.39 is 11.7 Å². The number of aryl methyl sites for hydroxylation is 1. The van der Waals surface area contributed by atoms with Gasteiger partial charge in [0.05, 0.1) is 5.56 Å². The highest BCUT2D eigenvalue weighted by molar-refractivity contribution is 5.84. The Morgan fingerprint density at radius 1 is 1.09 bits per heavy atom. The van der Waals surface area contributed by atoms with E-state index in [2.05, 4.69) is 5.32 Å². The molecule has 1 aliphatic rings. The number of rotatable bonds is 6. The minimum Gasteiger partial charge on any atom is -0.507 e. The van der Waals surface area contributed by atoms with Gasteiger partial charge in [-0.15, -0.1) is 0 Å². The lowest BCUT2D eigenvalue weighted by molar-refractivity contribution is 0.155. The summed E-state index contributed by atoms with van der Waals surface area (Å²) in [6.07, 6.45) is 4.41. The summed E-state index contributed by atoms with van der Waals surface area (Å²) >= 11 is 0. The topological polar surface area (TPSA) is 88.8 Å². The fourth-order valence-electron chi connectivity index (χ4n) is 4.47. The molecule has 4 rings (SSSR count). The Morgan fingerprint density at radius 2 is 1.88 bits per heavy atom. The fourth-order valence-corrected chi connectivity index (χ4v) is 4.47. The van der Waals surface area contributed by atoms with Crippen LogP contribution >= 0.6 is 0 Å². The van der Waals surface area contributed by atoms with Gasteiger partial charge in [0.15, 0.2) is 0 Å². The fraction of sp³-hybridized carbons (Fsp3) is 0.333. The van der Waals surface area contributed by atoms with Gasteiger partial charge in [-0.25, -0.2) is 9.59 Å². The number of amides is 1. The lowest BCUT2D eigenvalue weighted by Crippen LogP contribution is -2.17. The number of anilines is 1. The summed E-state index contributed by atoms with van der Waals surface area (Å²) in [5, 5.41) is 13.8. The maximum atomic E-state index is 12.9. The maximum Gasteiger partial charge on any atom is 0.411 e. The van der Waals surface area contributed by atoms with Crippen molar-refractivity contribution in [3.8, 4) is 5.75 Å². The van der Waals surface area contributed by atoms with Crippen LogP contribution in [-0.4, -0.2) is 11.2 Å². The molecule has 172 valence electrons. The largest absolute Gasteiger partial charge is 0.507 e. The molecule has 1 aliphatic carbocycles. The normalized spacial score (nSPS) is 14.1. The molecule has 2 N–H and O–H groups in total. The molecule has 0 saturated heterocycles. The molecule has 0 fully saturated rings. The Labute approximate surface area is 193 Å². The van der Waals surface area contributed by atoms with Gasteiger partial charge in [0.2, 0.25) is 0 Å². The van der Waals surface area contributed by atoms with Crippen molar-refractivity contribution >= 4 is 11.8 Å².